The Kier molecular flexibility index (Phi) is 3.52. The fraction of sp³-hybridized carbons (Fsp3) is 0.294. The highest BCUT2D eigenvalue weighted by atomic mass is 32.2. The Morgan fingerprint density at radius 3 is 2.63 bits per heavy atom. The minimum Gasteiger partial charge on any atom is -0.497 e. The quantitative estimate of drug-likeness (QED) is 0.786. The zero-order chi connectivity index (χ0) is 13.2. The zero-order valence-corrected chi connectivity index (χ0v) is 12.2. The van der Waals surface area contributed by atoms with Gasteiger partial charge in [0.25, 0.3) is 0 Å². The molecule has 1 atom stereocenters. The minimum atomic E-state index is 0.530. The summed E-state index contributed by atoms with van der Waals surface area (Å²) in [4.78, 5) is 1.44. The molecule has 0 amide bonds. The molecule has 0 fully saturated rings. The average molecular weight is 270 g/mol. The van der Waals surface area contributed by atoms with Crippen molar-refractivity contribution in [3.63, 3.8) is 0 Å². The largest absolute Gasteiger partial charge is 0.497 e. The van der Waals surface area contributed by atoms with Gasteiger partial charge in [0.2, 0.25) is 0 Å². The van der Waals surface area contributed by atoms with Gasteiger partial charge in [-0.1, -0.05) is 29.8 Å². The first-order valence-electron chi connectivity index (χ1n) is 6.65. The van der Waals surface area contributed by atoms with E-state index in [0.717, 1.165) is 5.75 Å². The van der Waals surface area contributed by atoms with Crippen molar-refractivity contribution < 1.29 is 4.74 Å². The van der Waals surface area contributed by atoms with Crippen LogP contribution < -0.4 is 4.74 Å². The molecule has 0 N–H and O–H groups in total. The number of ether oxygens (including phenoxy) is 1. The molecule has 1 aliphatic rings. The number of fused-ring (bicyclic) bond motifs is 1. The van der Waals surface area contributed by atoms with Crippen molar-refractivity contribution in [1.29, 1.82) is 0 Å². The second-order valence-corrected chi connectivity index (χ2v) is 6.14. The van der Waals surface area contributed by atoms with E-state index in [2.05, 4.69) is 49.4 Å². The molecule has 1 aliphatic heterocycles. The number of aryl methyl sites for hydroxylation is 1. The van der Waals surface area contributed by atoms with Gasteiger partial charge in [0.1, 0.15) is 5.75 Å². The van der Waals surface area contributed by atoms with Crippen molar-refractivity contribution in [2.75, 3.05) is 12.9 Å². The van der Waals surface area contributed by atoms with Crippen LogP contribution in [0.25, 0.3) is 0 Å². The first-order valence-corrected chi connectivity index (χ1v) is 7.64. The molecule has 0 aromatic heterocycles. The van der Waals surface area contributed by atoms with Gasteiger partial charge in [-0.2, -0.15) is 0 Å². The standard InChI is InChI=1S/C17H18OS/c1-12-3-8-17-16(11-12)15(9-10-19-17)13-4-6-14(18-2)7-5-13/h3-8,11,15H,9-10H2,1-2H3. The molecule has 98 valence electrons. The number of thioether (sulfide) groups is 1. The zero-order valence-electron chi connectivity index (χ0n) is 11.3. The Hall–Kier alpha value is -1.41. The SMILES string of the molecule is COc1ccc(C2CCSc3ccc(C)cc32)cc1. The molecule has 3 rings (SSSR count). The Balaban J connectivity index is 2.00. The second kappa shape index (κ2) is 5.30. The molecule has 1 nitrogen and oxygen atoms in total. The molecule has 0 saturated heterocycles. The van der Waals surface area contributed by atoms with Crippen molar-refractivity contribution in [3.8, 4) is 5.75 Å². The third-order valence-electron chi connectivity index (χ3n) is 3.72. The van der Waals surface area contributed by atoms with E-state index in [1.807, 2.05) is 11.8 Å². The van der Waals surface area contributed by atoms with Gasteiger partial charge in [-0.3, -0.25) is 0 Å². The molecule has 0 aliphatic carbocycles. The summed E-state index contributed by atoms with van der Waals surface area (Å²) in [6.07, 6.45) is 1.22. The molecular formula is C17H18OS. The predicted octanol–water partition coefficient (Wildman–Crippen LogP) is 4.63. The Morgan fingerprint density at radius 2 is 1.89 bits per heavy atom. The number of benzene rings is 2. The summed E-state index contributed by atoms with van der Waals surface area (Å²) >= 11 is 1.98. The fourth-order valence-corrected chi connectivity index (χ4v) is 3.80. The molecule has 2 aromatic rings. The maximum absolute atomic E-state index is 5.24. The van der Waals surface area contributed by atoms with Crippen LogP contribution in [0.15, 0.2) is 47.4 Å². The molecule has 0 spiro atoms. The summed E-state index contributed by atoms with van der Waals surface area (Å²) in [6.45, 7) is 2.17. The smallest absolute Gasteiger partial charge is 0.118 e. The minimum absolute atomic E-state index is 0.530. The van der Waals surface area contributed by atoms with Crippen molar-refractivity contribution in [3.05, 3.63) is 59.2 Å². The normalized spacial score (nSPS) is 17.9. The van der Waals surface area contributed by atoms with Crippen molar-refractivity contribution in [2.45, 2.75) is 24.2 Å². The second-order valence-electron chi connectivity index (χ2n) is 5.00. The average Bonchev–Trinajstić information content (AvgIpc) is 2.47. The Labute approximate surface area is 119 Å². The van der Waals surface area contributed by atoms with E-state index in [1.54, 1.807) is 7.11 Å². The molecule has 0 saturated carbocycles. The van der Waals surface area contributed by atoms with Crippen LogP contribution in [-0.2, 0) is 0 Å². The summed E-state index contributed by atoms with van der Waals surface area (Å²) < 4.78 is 5.24. The van der Waals surface area contributed by atoms with Gasteiger partial charge in [-0.25, -0.2) is 0 Å². The van der Waals surface area contributed by atoms with E-state index < -0.39 is 0 Å². The highest BCUT2D eigenvalue weighted by Gasteiger charge is 2.22. The Bertz CT molecular complexity index is 574. The maximum Gasteiger partial charge on any atom is 0.118 e. The van der Waals surface area contributed by atoms with Crippen LogP contribution in [0.2, 0.25) is 0 Å². The first-order chi connectivity index (χ1) is 9.28. The lowest BCUT2D eigenvalue weighted by Gasteiger charge is -2.26. The molecule has 2 aromatic carbocycles. The van der Waals surface area contributed by atoms with Crippen LogP contribution in [0.1, 0.15) is 29.0 Å². The number of hydrogen-bond donors (Lipinski definition) is 0. The summed E-state index contributed by atoms with van der Waals surface area (Å²) in [5, 5.41) is 0. The fourth-order valence-electron chi connectivity index (χ4n) is 2.70. The van der Waals surface area contributed by atoms with Crippen molar-refractivity contribution in [2.24, 2.45) is 0 Å². The molecule has 19 heavy (non-hydrogen) atoms. The van der Waals surface area contributed by atoms with Crippen molar-refractivity contribution in [1.82, 2.24) is 0 Å². The van der Waals surface area contributed by atoms with E-state index in [1.165, 1.54) is 33.8 Å². The van der Waals surface area contributed by atoms with Crippen LogP contribution in [0.3, 0.4) is 0 Å². The lowest BCUT2D eigenvalue weighted by molar-refractivity contribution is 0.414. The van der Waals surface area contributed by atoms with Crippen molar-refractivity contribution >= 4 is 11.8 Å². The molecule has 0 radical (unpaired) electrons. The number of methoxy groups -OCH3 is 1. The molecule has 2 heteroatoms. The maximum atomic E-state index is 5.24. The summed E-state index contributed by atoms with van der Waals surface area (Å²) in [5.41, 5.74) is 4.23. The van der Waals surface area contributed by atoms with Crippen LogP contribution in [0.5, 0.6) is 5.75 Å². The molecular weight excluding hydrogens is 252 g/mol. The number of hydrogen-bond acceptors (Lipinski definition) is 2. The highest BCUT2D eigenvalue weighted by Crippen LogP contribution is 2.41. The van der Waals surface area contributed by atoms with Crippen LogP contribution in [0, 0.1) is 6.92 Å². The summed E-state index contributed by atoms with van der Waals surface area (Å²) in [5.74, 6) is 2.66. The lowest BCUT2D eigenvalue weighted by atomic mass is 9.88. The highest BCUT2D eigenvalue weighted by molar-refractivity contribution is 7.99. The third kappa shape index (κ3) is 2.50. The predicted molar refractivity (Wildman–Crippen MR) is 81.4 cm³/mol. The van der Waals surface area contributed by atoms with E-state index in [-0.39, 0.29) is 0 Å². The van der Waals surface area contributed by atoms with Gasteiger partial charge in [0.15, 0.2) is 0 Å². The van der Waals surface area contributed by atoms with E-state index >= 15 is 0 Å². The Morgan fingerprint density at radius 1 is 1.11 bits per heavy atom. The van der Waals surface area contributed by atoms with Crippen LogP contribution in [0.4, 0.5) is 0 Å². The van der Waals surface area contributed by atoms with Gasteiger partial charge in [0.05, 0.1) is 7.11 Å². The van der Waals surface area contributed by atoms with Gasteiger partial charge in [0, 0.05) is 10.8 Å². The molecule has 0 bridgehead atoms. The summed E-state index contributed by atoms with van der Waals surface area (Å²) in [6, 6.07) is 15.3. The van der Waals surface area contributed by atoms with Crippen LogP contribution >= 0.6 is 11.8 Å². The lowest BCUT2D eigenvalue weighted by Crippen LogP contribution is -2.09. The third-order valence-corrected chi connectivity index (χ3v) is 4.85. The molecule has 1 heterocycles. The first kappa shape index (κ1) is 12.6. The van der Waals surface area contributed by atoms with Gasteiger partial charge in [-0.15, -0.1) is 11.8 Å². The number of rotatable bonds is 2. The topological polar surface area (TPSA) is 9.23 Å². The molecule has 1 unspecified atom stereocenters. The van der Waals surface area contributed by atoms with Gasteiger partial charge < -0.3 is 4.74 Å². The van der Waals surface area contributed by atoms with Crippen LogP contribution in [-0.4, -0.2) is 12.9 Å². The summed E-state index contributed by atoms with van der Waals surface area (Å²) in [7, 11) is 1.71. The van der Waals surface area contributed by atoms with E-state index in [9.17, 15) is 0 Å². The van der Waals surface area contributed by atoms with Gasteiger partial charge >= 0.3 is 0 Å². The monoisotopic (exact) mass is 270 g/mol. The van der Waals surface area contributed by atoms with Gasteiger partial charge in [-0.05, 0) is 48.4 Å². The van der Waals surface area contributed by atoms with E-state index in [0.29, 0.717) is 5.92 Å². The van der Waals surface area contributed by atoms with E-state index in [4.69, 9.17) is 4.74 Å².